The van der Waals surface area contributed by atoms with Crippen LogP contribution in [0.5, 0.6) is 0 Å². The van der Waals surface area contributed by atoms with Gasteiger partial charge >= 0.3 is 0 Å². The Balaban J connectivity index is -0.0000000635. The second-order valence-corrected chi connectivity index (χ2v) is 2.61. The Hall–Kier alpha value is -1.51. The van der Waals surface area contributed by atoms with Gasteiger partial charge in [0.1, 0.15) is 0 Å². The van der Waals surface area contributed by atoms with Crippen LogP contribution < -0.4 is 33.8 Å². The molecule has 0 unspecified atom stereocenters. The van der Waals surface area contributed by atoms with Crippen LogP contribution in [0.1, 0.15) is 19.4 Å². The molecule has 0 radical (unpaired) electrons. The van der Waals surface area contributed by atoms with Crippen LogP contribution in [0, 0.1) is 0 Å². The van der Waals surface area contributed by atoms with Gasteiger partial charge in [0.15, 0.2) is 0 Å². The molecule has 0 aliphatic rings. The molecule has 1 aromatic rings. The Morgan fingerprint density at radius 3 is 1.53 bits per heavy atom. The number of carbonyl (C=O) groups excluding carboxylic acids is 1. The molecular weight excluding hydrogens is 250 g/mol. The predicted molar refractivity (Wildman–Crippen MR) is 74.2 cm³/mol. The average Bonchev–Trinajstić information content (AvgIpc) is 2.20. The fourth-order valence-corrected chi connectivity index (χ4v) is 0.763. The maximum absolute atomic E-state index is 10.1. The number of carbonyl (C=O) groups is 1. The van der Waals surface area contributed by atoms with Gasteiger partial charge in [-0.05, 0) is 5.56 Å². The van der Waals surface area contributed by atoms with Gasteiger partial charge in [0.05, 0.1) is 0 Å². The summed E-state index contributed by atoms with van der Waals surface area (Å²) in [6.07, 6.45) is 0.000833. The lowest BCUT2D eigenvalue weighted by atomic mass is 10.2. The summed E-state index contributed by atoms with van der Waals surface area (Å²) in [5.41, 5.74) is 0.780. The summed E-state index contributed by atoms with van der Waals surface area (Å²) in [5, 5.41) is 27.9. The Labute approximate surface area is 115 Å². The van der Waals surface area contributed by atoms with Gasteiger partial charge in [0, 0.05) is 12.4 Å². The summed E-state index contributed by atoms with van der Waals surface area (Å²) in [4.78, 5) is 10.1. The first-order valence-corrected chi connectivity index (χ1v) is 5.02. The highest BCUT2D eigenvalue weighted by molar-refractivity contribution is 5.67. The smallest absolute Gasteiger partial charge is 0.0458 e. The predicted octanol–water partition coefficient (Wildman–Crippen LogP) is -0.159. The van der Waals surface area contributed by atoms with E-state index in [1.54, 1.807) is 38.1 Å². The quantitative estimate of drug-likeness (QED) is 0.676. The van der Waals surface area contributed by atoms with Crippen LogP contribution in [0.15, 0.2) is 30.3 Å². The van der Waals surface area contributed by atoms with Crippen LogP contribution in [0.2, 0.25) is 0 Å². The topological polar surface area (TPSA) is 196 Å². The Morgan fingerprint density at radius 2 is 1.26 bits per heavy atom. The van der Waals surface area contributed by atoms with Crippen molar-refractivity contribution in [2.45, 2.75) is 20.3 Å². The molecule has 1 rings (SSSR count). The lowest BCUT2D eigenvalue weighted by Gasteiger charge is -1.99. The molecule has 0 fully saturated rings. The number of aliphatic carboxylic acids is 1. The number of hydrogen-bond acceptors (Lipinski definition) is 4. The van der Waals surface area contributed by atoms with Crippen LogP contribution >= 0.6 is 0 Å². The molecule has 0 amide bonds. The largest absolute Gasteiger partial charge is 0.855 e. The number of rotatable bonds is 2. The van der Waals surface area contributed by atoms with Crippen molar-refractivity contribution in [2.24, 2.45) is 0 Å². The van der Waals surface area contributed by atoms with Crippen molar-refractivity contribution in [1.29, 1.82) is 0 Å². The molecule has 0 heterocycles. The number of carboxylic acids is 1. The second kappa shape index (κ2) is 25.4. The van der Waals surface area contributed by atoms with Crippen molar-refractivity contribution < 1.29 is 20.1 Å². The van der Waals surface area contributed by atoms with Crippen molar-refractivity contribution >= 4 is 5.97 Å². The van der Waals surface area contributed by atoms with E-state index < -0.39 is 5.97 Å². The lowest BCUT2D eigenvalue weighted by Crippen LogP contribution is -2.24. The maximum atomic E-state index is 10.1. The van der Waals surface area contributed by atoms with E-state index in [0.717, 1.165) is 5.56 Å². The van der Waals surface area contributed by atoms with E-state index in [2.05, 4.69) is 0 Å². The molecule has 0 bridgehead atoms. The zero-order valence-electron chi connectivity index (χ0n) is 12.6. The molecule has 0 aliphatic carbocycles. The van der Waals surface area contributed by atoms with Crippen molar-refractivity contribution in [3.63, 3.8) is 0 Å². The van der Waals surface area contributed by atoms with E-state index in [-0.39, 0.29) is 38.1 Å². The number of carboxylic acid groups (broad SMARTS) is 1. The van der Waals surface area contributed by atoms with Gasteiger partial charge < -0.3 is 38.6 Å². The van der Waals surface area contributed by atoms with E-state index in [0.29, 0.717) is 0 Å². The molecule has 7 nitrogen and oxygen atoms in total. The molecule has 1 aromatic carbocycles. The minimum atomic E-state index is -1.04. The Morgan fingerprint density at radius 1 is 0.947 bits per heavy atom. The highest BCUT2D eigenvalue weighted by Crippen LogP contribution is 1.97. The molecule has 7 heteroatoms. The lowest BCUT2D eigenvalue weighted by molar-refractivity contribution is -0.362. The molecule has 0 aromatic heterocycles. The van der Waals surface area contributed by atoms with Gasteiger partial charge in [-0.25, -0.2) is 0 Å². The standard InChI is InChI=1S/C8H8O2.2C2H5O.3H3N/c9-8(10)6-7-4-2-1-3-5-7;2*1-2-3;;;/h1-5H,6H2,(H,9,10);2*2H2,1H3;3*1H3/q;2*-1;;;/p+2. The van der Waals surface area contributed by atoms with Crippen LogP contribution in [0.4, 0.5) is 0 Å². The first kappa shape index (κ1) is 30.5. The molecule has 19 heavy (non-hydrogen) atoms. The van der Waals surface area contributed by atoms with E-state index in [9.17, 15) is 9.90 Å². The zero-order valence-corrected chi connectivity index (χ0v) is 12.6. The molecule has 12 N–H and O–H groups in total. The summed E-state index contributed by atoms with van der Waals surface area (Å²) >= 11 is 0. The SMILES string of the molecule is CC[O-].CC[O-].O=C([O-])Cc1ccccc1.[NH4+].[NH4+].[NH4+]. The van der Waals surface area contributed by atoms with E-state index in [4.69, 9.17) is 10.2 Å². The highest BCUT2D eigenvalue weighted by Gasteiger charge is 1.88. The van der Waals surface area contributed by atoms with Crippen LogP contribution in [0.3, 0.4) is 0 Å². The molecule has 0 saturated heterocycles. The van der Waals surface area contributed by atoms with Crippen molar-refractivity contribution in [1.82, 2.24) is 18.5 Å². The third-order valence-electron chi connectivity index (χ3n) is 1.19. The summed E-state index contributed by atoms with van der Waals surface area (Å²) in [5.74, 6) is -1.04. The van der Waals surface area contributed by atoms with Gasteiger partial charge in [0.2, 0.25) is 0 Å². The summed E-state index contributed by atoms with van der Waals surface area (Å²) < 4.78 is 0. The first-order chi connectivity index (χ1) is 7.62. The average molecular weight is 279 g/mol. The van der Waals surface area contributed by atoms with Crippen LogP contribution in [-0.2, 0) is 11.2 Å². The summed E-state index contributed by atoms with van der Waals surface area (Å²) in [6, 6.07) is 8.97. The fraction of sp³-hybridized carbons (Fsp3) is 0.417. The van der Waals surface area contributed by atoms with Crippen LogP contribution in [0.25, 0.3) is 0 Å². The third-order valence-corrected chi connectivity index (χ3v) is 1.19. The van der Waals surface area contributed by atoms with Crippen LogP contribution in [-0.4, -0.2) is 19.2 Å². The summed E-state index contributed by atoms with van der Waals surface area (Å²) in [6.45, 7) is 3.14. The minimum absolute atomic E-state index is 0. The van der Waals surface area contributed by atoms with Crippen molar-refractivity contribution in [2.75, 3.05) is 13.2 Å². The zero-order chi connectivity index (χ0) is 12.8. The minimum Gasteiger partial charge on any atom is -0.855 e. The van der Waals surface area contributed by atoms with Gasteiger partial charge in [-0.1, -0.05) is 44.2 Å². The number of quaternary nitrogens is 3. The Kier molecular flexibility index (Phi) is 40.7. The highest BCUT2D eigenvalue weighted by atomic mass is 16.4. The second-order valence-electron chi connectivity index (χ2n) is 2.61. The van der Waals surface area contributed by atoms with E-state index in [1.165, 1.54) is 0 Å². The molecule has 0 atom stereocenters. The molecule has 0 saturated carbocycles. The van der Waals surface area contributed by atoms with Gasteiger partial charge in [-0.3, -0.25) is 0 Å². The Bertz CT molecular complexity index is 256. The number of hydrogen-bond donors (Lipinski definition) is 3. The molecule has 0 spiro atoms. The first-order valence-electron chi connectivity index (χ1n) is 5.02. The molecule has 0 aliphatic heterocycles. The third kappa shape index (κ3) is 31.5. The fourth-order valence-electron chi connectivity index (χ4n) is 0.763. The monoisotopic (exact) mass is 279 g/mol. The van der Waals surface area contributed by atoms with Gasteiger partial charge in [0.25, 0.3) is 0 Å². The molecule has 116 valence electrons. The van der Waals surface area contributed by atoms with E-state index >= 15 is 0 Å². The van der Waals surface area contributed by atoms with Crippen molar-refractivity contribution in [3.8, 4) is 0 Å². The van der Waals surface area contributed by atoms with Gasteiger partial charge in [-0.15, -0.1) is 13.2 Å². The van der Waals surface area contributed by atoms with Crippen molar-refractivity contribution in [3.05, 3.63) is 35.9 Å². The normalized spacial score (nSPS) is 6.74. The van der Waals surface area contributed by atoms with E-state index in [1.807, 2.05) is 6.07 Å². The summed E-state index contributed by atoms with van der Waals surface area (Å²) in [7, 11) is 0. The number of benzene rings is 1. The van der Waals surface area contributed by atoms with Gasteiger partial charge in [-0.2, -0.15) is 0 Å². The molecular formula is C12H29N3O4. The maximum Gasteiger partial charge on any atom is 0.0458 e.